The van der Waals surface area contributed by atoms with Crippen LogP contribution in [0.4, 0.5) is 0 Å². The van der Waals surface area contributed by atoms with E-state index in [0.29, 0.717) is 0 Å². The first-order valence-corrected chi connectivity index (χ1v) is 7.70. The lowest BCUT2D eigenvalue weighted by Gasteiger charge is -2.02. The Morgan fingerprint density at radius 2 is 1.43 bits per heavy atom. The highest BCUT2D eigenvalue weighted by Crippen LogP contribution is 2.20. The van der Waals surface area contributed by atoms with Crippen LogP contribution in [0.1, 0.15) is 13.3 Å². The topological polar surface area (TPSA) is 38.7 Å². The quantitative estimate of drug-likeness (QED) is 0.745. The Morgan fingerprint density at radius 3 is 1.86 bits per heavy atom. The van der Waals surface area contributed by atoms with Crippen molar-refractivity contribution in [3.8, 4) is 0 Å². The van der Waals surface area contributed by atoms with E-state index in [1.54, 1.807) is 35.3 Å². The molecule has 0 unspecified atom stereocenters. The van der Waals surface area contributed by atoms with E-state index in [-0.39, 0.29) is 0 Å². The largest absolute Gasteiger partial charge is 0.196 e. The molecule has 0 aliphatic rings. The van der Waals surface area contributed by atoms with Crippen molar-refractivity contribution in [3.63, 3.8) is 0 Å². The molecule has 0 spiro atoms. The van der Waals surface area contributed by atoms with Gasteiger partial charge in [-0.2, -0.15) is 15.0 Å². The predicted molar refractivity (Wildman–Crippen MR) is 64.4 cm³/mol. The van der Waals surface area contributed by atoms with Gasteiger partial charge in [-0.3, -0.25) is 0 Å². The van der Waals surface area contributed by atoms with E-state index >= 15 is 0 Å². The maximum atomic E-state index is 4.33. The molecule has 0 radical (unpaired) electrons. The van der Waals surface area contributed by atoms with Crippen molar-refractivity contribution in [2.45, 2.75) is 28.8 Å². The third kappa shape index (κ3) is 3.67. The highest BCUT2D eigenvalue weighted by atomic mass is 32.2. The van der Waals surface area contributed by atoms with Gasteiger partial charge in [0.2, 0.25) is 0 Å². The third-order valence-electron chi connectivity index (χ3n) is 1.37. The first kappa shape index (κ1) is 12.1. The lowest BCUT2D eigenvalue weighted by atomic mass is 10.6. The van der Waals surface area contributed by atoms with E-state index in [0.717, 1.165) is 27.6 Å². The van der Waals surface area contributed by atoms with Gasteiger partial charge in [0, 0.05) is 5.75 Å². The SMILES string of the molecule is CCCSc1nc(SC)nc(SC)n1. The fourth-order valence-electron chi connectivity index (χ4n) is 0.761. The fraction of sp³-hybridized carbons (Fsp3) is 0.625. The summed E-state index contributed by atoms with van der Waals surface area (Å²) < 4.78 is 0. The van der Waals surface area contributed by atoms with Crippen LogP contribution in [0.2, 0.25) is 0 Å². The van der Waals surface area contributed by atoms with Crippen LogP contribution in [0.25, 0.3) is 0 Å². The minimum Gasteiger partial charge on any atom is -0.196 e. The number of thioether (sulfide) groups is 3. The smallest absolute Gasteiger partial charge is 0.192 e. The zero-order valence-corrected chi connectivity index (χ0v) is 10.9. The molecule has 78 valence electrons. The Balaban J connectivity index is 2.81. The van der Waals surface area contributed by atoms with Crippen molar-refractivity contribution in [1.29, 1.82) is 0 Å². The van der Waals surface area contributed by atoms with Crippen molar-refractivity contribution in [1.82, 2.24) is 15.0 Å². The molecule has 0 bridgehead atoms. The van der Waals surface area contributed by atoms with Crippen LogP contribution >= 0.6 is 35.3 Å². The second-order valence-electron chi connectivity index (χ2n) is 2.44. The highest BCUT2D eigenvalue weighted by molar-refractivity contribution is 8.00. The van der Waals surface area contributed by atoms with Crippen molar-refractivity contribution >= 4 is 35.3 Å². The summed E-state index contributed by atoms with van der Waals surface area (Å²) in [4.78, 5) is 12.9. The molecule has 3 nitrogen and oxygen atoms in total. The summed E-state index contributed by atoms with van der Waals surface area (Å²) >= 11 is 4.80. The Bertz CT molecular complexity index is 271. The predicted octanol–water partition coefficient (Wildman–Crippen LogP) is 2.82. The molecule has 1 rings (SSSR count). The molecule has 0 fully saturated rings. The fourth-order valence-corrected chi connectivity index (χ4v) is 2.33. The standard InChI is InChI=1S/C8H13N3S3/c1-4-5-14-8-10-6(12-2)9-7(11-8)13-3/h4-5H2,1-3H3. The van der Waals surface area contributed by atoms with Gasteiger partial charge in [-0.15, -0.1) is 0 Å². The minimum absolute atomic E-state index is 0.808. The molecular formula is C8H13N3S3. The van der Waals surface area contributed by atoms with Gasteiger partial charge >= 0.3 is 0 Å². The zero-order valence-electron chi connectivity index (χ0n) is 8.48. The van der Waals surface area contributed by atoms with Gasteiger partial charge in [0.25, 0.3) is 0 Å². The van der Waals surface area contributed by atoms with Gasteiger partial charge in [-0.05, 0) is 18.9 Å². The van der Waals surface area contributed by atoms with E-state index < -0.39 is 0 Å². The normalized spacial score (nSPS) is 10.5. The Kier molecular flexibility index (Phi) is 5.66. The summed E-state index contributed by atoms with van der Waals surface area (Å²) in [5.74, 6) is 1.06. The first-order valence-electron chi connectivity index (χ1n) is 4.27. The van der Waals surface area contributed by atoms with E-state index in [1.165, 1.54) is 0 Å². The lowest BCUT2D eigenvalue weighted by Crippen LogP contribution is -1.96. The van der Waals surface area contributed by atoms with E-state index in [9.17, 15) is 0 Å². The molecule has 1 aromatic heterocycles. The van der Waals surface area contributed by atoms with Gasteiger partial charge in [0.15, 0.2) is 15.5 Å². The summed E-state index contributed by atoms with van der Waals surface area (Å²) in [6.45, 7) is 2.15. The summed E-state index contributed by atoms with van der Waals surface area (Å²) in [7, 11) is 0. The maximum Gasteiger partial charge on any atom is 0.192 e. The van der Waals surface area contributed by atoms with Crippen LogP contribution in [-0.2, 0) is 0 Å². The molecular weight excluding hydrogens is 234 g/mol. The summed E-state index contributed by atoms with van der Waals surface area (Å²) in [5.41, 5.74) is 0. The maximum absolute atomic E-state index is 4.33. The first-order chi connectivity index (χ1) is 6.80. The third-order valence-corrected chi connectivity index (χ3v) is 3.52. The summed E-state index contributed by atoms with van der Waals surface area (Å²) in [6.07, 6.45) is 5.10. The number of nitrogens with zero attached hydrogens (tertiary/aromatic N) is 3. The second-order valence-corrected chi connectivity index (χ2v) is 5.05. The molecule has 0 amide bonds. The molecule has 0 aliphatic carbocycles. The summed E-state index contributed by atoms with van der Waals surface area (Å²) in [5, 5.41) is 2.46. The van der Waals surface area contributed by atoms with Gasteiger partial charge in [-0.25, -0.2) is 0 Å². The molecule has 0 aliphatic heterocycles. The number of aromatic nitrogens is 3. The van der Waals surface area contributed by atoms with Crippen LogP contribution in [0.15, 0.2) is 15.5 Å². The van der Waals surface area contributed by atoms with Crippen molar-refractivity contribution in [2.75, 3.05) is 18.3 Å². The number of rotatable bonds is 5. The average Bonchev–Trinajstić information content (AvgIpc) is 2.25. The monoisotopic (exact) mass is 247 g/mol. The second kappa shape index (κ2) is 6.53. The van der Waals surface area contributed by atoms with Gasteiger partial charge < -0.3 is 0 Å². The van der Waals surface area contributed by atoms with Crippen LogP contribution < -0.4 is 0 Å². The molecule has 0 atom stereocenters. The highest BCUT2D eigenvalue weighted by Gasteiger charge is 2.04. The molecule has 14 heavy (non-hydrogen) atoms. The number of hydrogen-bond acceptors (Lipinski definition) is 6. The molecule has 0 saturated heterocycles. The molecule has 0 saturated carbocycles. The van der Waals surface area contributed by atoms with Crippen LogP contribution in [0, 0.1) is 0 Å². The lowest BCUT2D eigenvalue weighted by molar-refractivity contribution is 0.718. The van der Waals surface area contributed by atoms with Crippen molar-refractivity contribution in [2.24, 2.45) is 0 Å². The Morgan fingerprint density at radius 1 is 0.929 bits per heavy atom. The zero-order chi connectivity index (χ0) is 10.4. The van der Waals surface area contributed by atoms with Crippen LogP contribution in [-0.4, -0.2) is 33.2 Å². The van der Waals surface area contributed by atoms with Crippen molar-refractivity contribution in [3.05, 3.63) is 0 Å². The minimum atomic E-state index is 0.808. The Hall–Kier alpha value is 0.0600. The van der Waals surface area contributed by atoms with Gasteiger partial charge in [-0.1, -0.05) is 42.2 Å². The van der Waals surface area contributed by atoms with Gasteiger partial charge in [0.1, 0.15) is 0 Å². The average molecular weight is 247 g/mol. The van der Waals surface area contributed by atoms with Gasteiger partial charge in [0.05, 0.1) is 0 Å². The van der Waals surface area contributed by atoms with Crippen molar-refractivity contribution < 1.29 is 0 Å². The molecule has 0 aromatic carbocycles. The molecule has 1 aromatic rings. The molecule has 1 heterocycles. The Labute approximate surface area is 97.3 Å². The van der Waals surface area contributed by atoms with E-state index in [2.05, 4.69) is 21.9 Å². The number of hydrogen-bond donors (Lipinski definition) is 0. The van der Waals surface area contributed by atoms with Crippen LogP contribution in [0.3, 0.4) is 0 Å². The molecule has 0 N–H and O–H groups in total. The van der Waals surface area contributed by atoms with E-state index in [4.69, 9.17) is 0 Å². The van der Waals surface area contributed by atoms with Crippen LogP contribution in [0.5, 0.6) is 0 Å². The summed E-state index contributed by atoms with van der Waals surface area (Å²) in [6, 6.07) is 0. The van der Waals surface area contributed by atoms with E-state index in [1.807, 2.05) is 12.5 Å². The molecule has 6 heteroatoms.